The lowest BCUT2D eigenvalue weighted by Gasteiger charge is -2.23. The zero-order chi connectivity index (χ0) is 13.4. The molecule has 3 rings (SSSR count). The van der Waals surface area contributed by atoms with Crippen LogP contribution in [0.5, 0.6) is 5.75 Å². The van der Waals surface area contributed by atoms with Gasteiger partial charge in [-0.2, -0.15) is 0 Å². The molecule has 2 N–H and O–H groups in total. The number of hydrogen-bond donors (Lipinski definition) is 1. The van der Waals surface area contributed by atoms with Gasteiger partial charge < -0.3 is 10.5 Å². The van der Waals surface area contributed by atoms with Gasteiger partial charge in [-0.3, -0.25) is 0 Å². The second kappa shape index (κ2) is 5.12. The Kier molecular flexibility index (Phi) is 3.48. The van der Waals surface area contributed by atoms with Gasteiger partial charge in [0.25, 0.3) is 0 Å². The Morgan fingerprint density at radius 3 is 2.84 bits per heavy atom. The van der Waals surface area contributed by atoms with Crippen LogP contribution >= 0.6 is 0 Å². The first-order valence-corrected chi connectivity index (χ1v) is 7.31. The van der Waals surface area contributed by atoms with Gasteiger partial charge in [-0.25, -0.2) is 4.39 Å². The SMILES string of the molecule is C[C@H](N)c1cc(F)ccc1OCC1CC2CCC1C2. The maximum Gasteiger partial charge on any atom is 0.124 e. The third-order valence-electron chi connectivity index (χ3n) is 4.80. The molecule has 2 aliphatic carbocycles. The van der Waals surface area contributed by atoms with Crippen LogP contribution in [0.25, 0.3) is 0 Å². The topological polar surface area (TPSA) is 35.2 Å². The fourth-order valence-electron chi connectivity index (χ4n) is 3.78. The molecule has 2 nitrogen and oxygen atoms in total. The highest BCUT2D eigenvalue weighted by Gasteiger charge is 2.39. The second-order valence-electron chi connectivity index (χ2n) is 6.22. The van der Waals surface area contributed by atoms with Gasteiger partial charge in [0.1, 0.15) is 11.6 Å². The maximum absolute atomic E-state index is 13.3. The summed E-state index contributed by atoms with van der Waals surface area (Å²) in [7, 11) is 0. The Morgan fingerprint density at radius 2 is 2.21 bits per heavy atom. The molecule has 0 saturated heterocycles. The monoisotopic (exact) mass is 263 g/mol. The molecule has 19 heavy (non-hydrogen) atoms. The molecule has 0 spiro atoms. The molecule has 0 heterocycles. The average Bonchev–Trinajstić information content (AvgIpc) is 2.99. The molecule has 2 bridgehead atoms. The number of hydrogen-bond acceptors (Lipinski definition) is 2. The third kappa shape index (κ3) is 2.62. The normalized spacial score (nSPS) is 30.6. The molecule has 0 aliphatic heterocycles. The van der Waals surface area contributed by atoms with Gasteiger partial charge in [-0.1, -0.05) is 6.42 Å². The van der Waals surface area contributed by atoms with Gasteiger partial charge in [-0.15, -0.1) is 0 Å². The molecule has 1 aromatic rings. The number of ether oxygens (including phenoxy) is 1. The van der Waals surface area contributed by atoms with E-state index in [2.05, 4.69) is 0 Å². The van der Waals surface area contributed by atoms with Crippen molar-refractivity contribution in [2.75, 3.05) is 6.61 Å². The summed E-state index contributed by atoms with van der Waals surface area (Å²) in [5, 5.41) is 0. The zero-order valence-electron chi connectivity index (χ0n) is 11.4. The molecule has 1 aromatic carbocycles. The van der Waals surface area contributed by atoms with Crippen molar-refractivity contribution in [1.29, 1.82) is 0 Å². The molecule has 2 aliphatic rings. The number of rotatable bonds is 4. The first-order valence-electron chi connectivity index (χ1n) is 7.31. The summed E-state index contributed by atoms with van der Waals surface area (Å²) in [6.07, 6.45) is 5.46. The van der Waals surface area contributed by atoms with Crippen molar-refractivity contribution >= 4 is 0 Å². The van der Waals surface area contributed by atoms with Crippen molar-refractivity contribution in [3.8, 4) is 5.75 Å². The van der Waals surface area contributed by atoms with Crippen molar-refractivity contribution in [2.45, 2.75) is 38.6 Å². The molecule has 4 atom stereocenters. The highest BCUT2D eigenvalue weighted by molar-refractivity contribution is 5.36. The van der Waals surface area contributed by atoms with Crippen LogP contribution in [0.1, 0.15) is 44.2 Å². The van der Waals surface area contributed by atoms with Gasteiger partial charge in [0, 0.05) is 11.6 Å². The van der Waals surface area contributed by atoms with Crippen molar-refractivity contribution < 1.29 is 9.13 Å². The van der Waals surface area contributed by atoms with E-state index in [1.807, 2.05) is 6.92 Å². The van der Waals surface area contributed by atoms with E-state index in [0.717, 1.165) is 29.8 Å². The van der Waals surface area contributed by atoms with E-state index in [1.54, 1.807) is 6.07 Å². The summed E-state index contributed by atoms with van der Waals surface area (Å²) >= 11 is 0. The van der Waals surface area contributed by atoms with E-state index >= 15 is 0 Å². The summed E-state index contributed by atoms with van der Waals surface area (Å²) in [5.74, 6) is 2.97. The number of halogens is 1. The lowest BCUT2D eigenvalue weighted by Crippen LogP contribution is -2.19. The molecule has 3 heteroatoms. The molecular formula is C16H22FNO. The summed E-state index contributed by atoms with van der Waals surface area (Å²) in [5.41, 5.74) is 6.65. The summed E-state index contributed by atoms with van der Waals surface area (Å²) < 4.78 is 19.2. The first kappa shape index (κ1) is 12.9. The van der Waals surface area contributed by atoms with Crippen molar-refractivity contribution in [3.05, 3.63) is 29.6 Å². The zero-order valence-corrected chi connectivity index (χ0v) is 11.4. The predicted octanol–water partition coefficient (Wildman–Crippen LogP) is 3.66. The lowest BCUT2D eigenvalue weighted by atomic mass is 9.89. The Bertz CT molecular complexity index is 460. The summed E-state index contributed by atoms with van der Waals surface area (Å²) in [4.78, 5) is 0. The smallest absolute Gasteiger partial charge is 0.124 e. The minimum atomic E-state index is -0.250. The Balaban J connectivity index is 1.66. The Labute approximate surface area is 114 Å². The van der Waals surface area contributed by atoms with Crippen molar-refractivity contribution in [3.63, 3.8) is 0 Å². The van der Waals surface area contributed by atoms with Gasteiger partial charge in [0.15, 0.2) is 0 Å². The molecule has 104 valence electrons. The fraction of sp³-hybridized carbons (Fsp3) is 0.625. The van der Waals surface area contributed by atoms with E-state index < -0.39 is 0 Å². The number of nitrogens with two attached hydrogens (primary N) is 1. The van der Waals surface area contributed by atoms with Crippen LogP contribution in [0.3, 0.4) is 0 Å². The van der Waals surface area contributed by atoms with E-state index in [4.69, 9.17) is 10.5 Å². The summed E-state index contributed by atoms with van der Waals surface area (Å²) in [6.45, 7) is 2.62. The predicted molar refractivity (Wildman–Crippen MR) is 73.4 cm³/mol. The number of fused-ring (bicyclic) bond motifs is 2. The third-order valence-corrected chi connectivity index (χ3v) is 4.80. The van der Waals surface area contributed by atoms with Crippen LogP contribution in [0, 0.1) is 23.6 Å². The molecule has 2 fully saturated rings. The molecule has 0 amide bonds. The fourth-order valence-corrected chi connectivity index (χ4v) is 3.78. The second-order valence-corrected chi connectivity index (χ2v) is 6.22. The minimum absolute atomic E-state index is 0.203. The minimum Gasteiger partial charge on any atom is -0.493 e. The van der Waals surface area contributed by atoms with Crippen LogP contribution in [0.4, 0.5) is 4.39 Å². The molecule has 2 saturated carbocycles. The maximum atomic E-state index is 13.3. The van der Waals surface area contributed by atoms with E-state index in [1.165, 1.54) is 37.8 Å². The van der Waals surface area contributed by atoms with Gasteiger partial charge in [0.05, 0.1) is 6.61 Å². The standard InChI is InChI=1S/C16H22FNO/c1-10(18)15-8-14(17)4-5-16(15)19-9-13-7-11-2-3-12(13)6-11/h4-5,8,10-13H,2-3,6-7,9,18H2,1H3/t10-,11?,12?,13?/m0/s1. The first-order chi connectivity index (χ1) is 9.13. The van der Waals surface area contributed by atoms with E-state index in [9.17, 15) is 4.39 Å². The highest BCUT2D eigenvalue weighted by atomic mass is 19.1. The van der Waals surface area contributed by atoms with Crippen LogP contribution in [0.2, 0.25) is 0 Å². The van der Waals surface area contributed by atoms with Crippen molar-refractivity contribution in [2.24, 2.45) is 23.5 Å². The summed E-state index contributed by atoms with van der Waals surface area (Å²) in [6, 6.07) is 4.44. The molecule has 0 radical (unpaired) electrons. The van der Waals surface area contributed by atoms with Crippen LogP contribution < -0.4 is 10.5 Å². The van der Waals surface area contributed by atoms with Crippen LogP contribution in [0.15, 0.2) is 18.2 Å². The van der Waals surface area contributed by atoms with Gasteiger partial charge in [-0.05, 0) is 62.1 Å². The van der Waals surface area contributed by atoms with E-state index in [0.29, 0.717) is 5.92 Å². The lowest BCUT2D eigenvalue weighted by molar-refractivity contribution is 0.193. The quantitative estimate of drug-likeness (QED) is 0.899. The largest absolute Gasteiger partial charge is 0.493 e. The molecule has 0 aromatic heterocycles. The van der Waals surface area contributed by atoms with Crippen molar-refractivity contribution in [1.82, 2.24) is 0 Å². The molecule has 3 unspecified atom stereocenters. The van der Waals surface area contributed by atoms with E-state index in [-0.39, 0.29) is 11.9 Å². The highest BCUT2D eigenvalue weighted by Crippen LogP contribution is 2.48. The Morgan fingerprint density at radius 1 is 1.37 bits per heavy atom. The number of benzene rings is 1. The van der Waals surface area contributed by atoms with Gasteiger partial charge in [0.2, 0.25) is 0 Å². The average molecular weight is 263 g/mol. The Hall–Kier alpha value is -1.09. The van der Waals surface area contributed by atoms with Crippen LogP contribution in [-0.4, -0.2) is 6.61 Å². The van der Waals surface area contributed by atoms with Gasteiger partial charge >= 0.3 is 0 Å². The molecular weight excluding hydrogens is 241 g/mol. The van der Waals surface area contributed by atoms with Crippen LogP contribution in [-0.2, 0) is 0 Å².